The Morgan fingerprint density at radius 1 is 1.20 bits per heavy atom. The number of hydrogen-bond donors (Lipinski definition) is 0. The van der Waals surface area contributed by atoms with Gasteiger partial charge in [-0.3, -0.25) is 0 Å². The van der Waals surface area contributed by atoms with E-state index in [2.05, 4.69) is 32.9 Å². The van der Waals surface area contributed by atoms with Crippen LogP contribution in [0.15, 0.2) is 12.1 Å². The molecule has 2 rings (SSSR count). The normalized spacial score (nSPS) is 15.7. The first-order chi connectivity index (χ1) is 7.18. The van der Waals surface area contributed by atoms with Gasteiger partial charge in [0, 0.05) is 0 Å². The Morgan fingerprint density at radius 2 is 2.00 bits per heavy atom. The molecule has 1 aliphatic heterocycles. The molecular weight excluding hydrogens is 184 g/mol. The molecule has 0 N–H and O–H groups in total. The fourth-order valence-electron chi connectivity index (χ4n) is 2.31. The molecule has 1 aromatic carbocycles. The number of hydrogen-bond acceptors (Lipinski definition) is 1. The van der Waals surface area contributed by atoms with E-state index in [1.54, 1.807) is 0 Å². The molecule has 0 aromatic heterocycles. The van der Waals surface area contributed by atoms with Crippen LogP contribution in [0.5, 0.6) is 5.75 Å². The van der Waals surface area contributed by atoms with E-state index >= 15 is 0 Å². The van der Waals surface area contributed by atoms with Gasteiger partial charge in [-0.1, -0.05) is 19.9 Å². The summed E-state index contributed by atoms with van der Waals surface area (Å²) in [6.45, 7) is 7.57. The molecule has 0 fully saturated rings. The van der Waals surface area contributed by atoms with Crippen molar-refractivity contribution >= 4 is 0 Å². The fraction of sp³-hybridized carbons (Fsp3) is 0.571. The van der Waals surface area contributed by atoms with E-state index in [0.717, 1.165) is 12.4 Å². The average Bonchev–Trinajstić information content (AvgIpc) is 2.40. The molecule has 82 valence electrons. The topological polar surface area (TPSA) is 9.23 Å². The molecule has 0 radical (unpaired) electrons. The van der Waals surface area contributed by atoms with Crippen LogP contribution in [-0.2, 0) is 6.42 Å². The van der Waals surface area contributed by atoms with Gasteiger partial charge in [0.25, 0.3) is 0 Å². The maximum Gasteiger partial charge on any atom is 0.122 e. The quantitative estimate of drug-likeness (QED) is 0.675. The number of ether oxygens (including phenoxy) is 1. The summed E-state index contributed by atoms with van der Waals surface area (Å²) in [4.78, 5) is 0. The van der Waals surface area contributed by atoms with Crippen LogP contribution in [0.1, 0.15) is 49.3 Å². The second kappa shape index (κ2) is 4.26. The molecule has 0 saturated heterocycles. The van der Waals surface area contributed by atoms with Crippen molar-refractivity contribution in [2.45, 2.75) is 46.0 Å². The van der Waals surface area contributed by atoms with Crippen molar-refractivity contribution in [1.82, 2.24) is 0 Å². The van der Waals surface area contributed by atoms with Crippen LogP contribution in [0, 0.1) is 6.92 Å². The van der Waals surface area contributed by atoms with Crippen LogP contribution in [0.3, 0.4) is 0 Å². The third kappa shape index (κ3) is 2.17. The number of fused-ring (bicyclic) bond motifs is 1. The van der Waals surface area contributed by atoms with Crippen molar-refractivity contribution < 1.29 is 4.74 Å². The van der Waals surface area contributed by atoms with Gasteiger partial charge in [-0.15, -0.1) is 0 Å². The highest BCUT2D eigenvalue weighted by molar-refractivity contribution is 5.44. The van der Waals surface area contributed by atoms with E-state index < -0.39 is 0 Å². The van der Waals surface area contributed by atoms with Crippen molar-refractivity contribution in [1.29, 1.82) is 0 Å². The van der Waals surface area contributed by atoms with E-state index in [0.29, 0.717) is 5.92 Å². The maximum atomic E-state index is 5.79. The maximum absolute atomic E-state index is 5.79. The summed E-state index contributed by atoms with van der Waals surface area (Å²) >= 11 is 0. The summed E-state index contributed by atoms with van der Waals surface area (Å²) in [6, 6.07) is 4.57. The van der Waals surface area contributed by atoms with Gasteiger partial charge in [-0.2, -0.15) is 0 Å². The van der Waals surface area contributed by atoms with Crippen molar-refractivity contribution in [3.63, 3.8) is 0 Å². The Labute approximate surface area is 92.5 Å². The van der Waals surface area contributed by atoms with Gasteiger partial charge in [0.05, 0.1) is 6.61 Å². The third-order valence-corrected chi connectivity index (χ3v) is 3.17. The van der Waals surface area contributed by atoms with Crippen LogP contribution < -0.4 is 4.74 Å². The predicted octanol–water partition coefficient (Wildman–Crippen LogP) is 3.83. The summed E-state index contributed by atoms with van der Waals surface area (Å²) in [5.74, 6) is 1.71. The average molecular weight is 204 g/mol. The lowest BCUT2D eigenvalue weighted by atomic mass is 9.94. The van der Waals surface area contributed by atoms with Crippen molar-refractivity contribution in [2.75, 3.05) is 6.61 Å². The molecule has 0 aliphatic carbocycles. The molecule has 1 heteroatoms. The van der Waals surface area contributed by atoms with Gasteiger partial charge >= 0.3 is 0 Å². The minimum absolute atomic E-state index is 0.585. The van der Waals surface area contributed by atoms with Crippen molar-refractivity contribution in [2.24, 2.45) is 0 Å². The molecule has 0 atom stereocenters. The fourth-order valence-corrected chi connectivity index (χ4v) is 2.31. The monoisotopic (exact) mass is 204 g/mol. The summed E-state index contributed by atoms with van der Waals surface area (Å²) in [5, 5.41) is 0. The lowest BCUT2D eigenvalue weighted by Crippen LogP contribution is -1.99. The van der Waals surface area contributed by atoms with Crippen LogP contribution in [0.2, 0.25) is 0 Å². The first-order valence-corrected chi connectivity index (χ1v) is 5.94. The highest BCUT2D eigenvalue weighted by Gasteiger charge is 2.13. The number of benzene rings is 1. The first-order valence-electron chi connectivity index (χ1n) is 5.94. The van der Waals surface area contributed by atoms with E-state index in [-0.39, 0.29) is 0 Å². The van der Waals surface area contributed by atoms with Crippen molar-refractivity contribution in [3.8, 4) is 5.75 Å². The van der Waals surface area contributed by atoms with Gasteiger partial charge in [-0.05, 0) is 54.9 Å². The molecule has 0 bridgehead atoms. The lowest BCUT2D eigenvalue weighted by Gasteiger charge is -2.15. The first kappa shape index (κ1) is 10.5. The highest BCUT2D eigenvalue weighted by atomic mass is 16.5. The zero-order chi connectivity index (χ0) is 10.8. The standard InChI is InChI=1S/C14H20O/c1-10(2)13-9-14-12(8-11(13)3)6-4-5-7-15-14/h8-10H,4-7H2,1-3H3. The summed E-state index contributed by atoms with van der Waals surface area (Å²) in [6.07, 6.45) is 3.62. The third-order valence-electron chi connectivity index (χ3n) is 3.17. The number of rotatable bonds is 1. The SMILES string of the molecule is Cc1cc2c(cc1C(C)C)OCCCC2. The largest absolute Gasteiger partial charge is 0.493 e. The molecule has 1 nitrogen and oxygen atoms in total. The van der Waals surface area contributed by atoms with Crippen LogP contribution in [0.4, 0.5) is 0 Å². The molecule has 0 saturated carbocycles. The van der Waals surface area contributed by atoms with Gasteiger partial charge < -0.3 is 4.74 Å². The molecule has 0 amide bonds. The molecule has 1 aliphatic rings. The summed E-state index contributed by atoms with van der Waals surface area (Å²) in [7, 11) is 0. The Balaban J connectivity index is 2.42. The smallest absolute Gasteiger partial charge is 0.122 e. The van der Waals surface area contributed by atoms with Gasteiger partial charge in [0.15, 0.2) is 0 Å². The summed E-state index contributed by atoms with van der Waals surface area (Å²) < 4.78 is 5.79. The van der Waals surface area contributed by atoms with E-state index in [1.807, 2.05) is 0 Å². The molecule has 0 unspecified atom stereocenters. The van der Waals surface area contributed by atoms with E-state index in [1.165, 1.54) is 36.0 Å². The van der Waals surface area contributed by atoms with Gasteiger partial charge in [0.2, 0.25) is 0 Å². The van der Waals surface area contributed by atoms with Crippen molar-refractivity contribution in [3.05, 3.63) is 28.8 Å². The summed E-state index contributed by atoms with van der Waals surface area (Å²) in [5.41, 5.74) is 4.24. The van der Waals surface area contributed by atoms with Gasteiger partial charge in [0.1, 0.15) is 5.75 Å². The molecule has 1 aromatic rings. The second-order valence-electron chi connectivity index (χ2n) is 4.78. The Bertz CT molecular complexity index is 353. The molecular formula is C14H20O. The molecule has 15 heavy (non-hydrogen) atoms. The minimum atomic E-state index is 0.585. The lowest BCUT2D eigenvalue weighted by molar-refractivity contribution is 0.316. The van der Waals surface area contributed by atoms with Crippen LogP contribution >= 0.6 is 0 Å². The van der Waals surface area contributed by atoms with Crippen LogP contribution in [-0.4, -0.2) is 6.61 Å². The Kier molecular flexibility index (Phi) is 2.99. The van der Waals surface area contributed by atoms with E-state index in [4.69, 9.17) is 4.74 Å². The molecule has 1 heterocycles. The number of aryl methyl sites for hydroxylation is 2. The molecule has 0 spiro atoms. The Hall–Kier alpha value is -0.980. The van der Waals surface area contributed by atoms with Gasteiger partial charge in [-0.25, -0.2) is 0 Å². The Morgan fingerprint density at radius 3 is 2.73 bits per heavy atom. The van der Waals surface area contributed by atoms with Crippen LogP contribution in [0.25, 0.3) is 0 Å². The highest BCUT2D eigenvalue weighted by Crippen LogP contribution is 2.30. The second-order valence-corrected chi connectivity index (χ2v) is 4.78. The zero-order valence-electron chi connectivity index (χ0n) is 9.97. The minimum Gasteiger partial charge on any atom is -0.493 e. The van der Waals surface area contributed by atoms with E-state index in [9.17, 15) is 0 Å². The zero-order valence-corrected chi connectivity index (χ0v) is 9.97. The predicted molar refractivity (Wildman–Crippen MR) is 63.7 cm³/mol.